The van der Waals surface area contributed by atoms with Gasteiger partial charge in [-0.1, -0.05) is 0 Å². The summed E-state index contributed by atoms with van der Waals surface area (Å²) in [5, 5.41) is 0. The van der Waals surface area contributed by atoms with E-state index in [2.05, 4.69) is 6.58 Å². The molecule has 0 spiro atoms. The van der Waals surface area contributed by atoms with E-state index in [0.717, 1.165) is 4.91 Å². The van der Waals surface area contributed by atoms with Crippen molar-refractivity contribution < 1.29 is 7.00 Å². The van der Waals surface area contributed by atoms with Crippen LogP contribution in [-0.2, 0) is 0 Å². The summed E-state index contributed by atoms with van der Waals surface area (Å²) in [5.41, 5.74) is 0. The van der Waals surface area contributed by atoms with E-state index >= 15 is 0 Å². The van der Waals surface area contributed by atoms with E-state index in [4.69, 9.17) is 0 Å². The molecule has 0 aliphatic carbocycles. The van der Waals surface area contributed by atoms with E-state index < -0.39 is 15.3 Å². The zero-order chi connectivity index (χ0) is 4.28. The fourth-order valence-corrected chi connectivity index (χ4v) is 0. The van der Waals surface area contributed by atoms with Gasteiger partial charge in [0.1, 0.15) is 0 Å². The molecule has 0 atom stereocenters. The molecular formula is C2H4F2Ge. The van der Waals surface area contributed by atoms with Crippen LogP contribution in [0.5, 0.6) is 0 Å². The van der Waals surface area contributed by atoms with Crippen LogP contribution in [-0.4, -0.2) is 15.3 Å². The fourth-order valence-electron chi connectivity index (χ4n) is 0. The van der Waals surface area contributed by atoms with Crippen molar-refractivity contribution in [1.29, 1.82) is 0 Å². The molecule has 0 unspecified atom stereocenters. The van der Waals surface area contributed by atoms with E-state index in [0.29, 0.717) is 0 Å². The molecule has 5 heavy (non-hydrogen) atoms. The number of hydrogen-bond acceptors (Lipinski definition) is 0. The number of hydrogen-bond donors (Lipinski definition) is 0. The molecule has 0 amide bonds. The van der Waals surface area contributed by atoms with Gasteiger partial charge in [-0.05, 0) is 0 Å². The van der Waals surface area contributed by atoms with Gasteiger partial charge < -0.3 is 0 Å². The molecule has 0 aromatic carbocycles. The van der Waals surface area contributed by atoms with Crippen molar-refractivity contribution in [3.05, 3.63) is 11.5 Å². The fraction of sp³-hybridized carbons (Fsp3) is 0. The molecule has 0 aliphatic rings. The maximum absolute atomic E-state index is 10.8. The Hall–Kier alpha value is 0.143. The van der Waals surface area contributed by atoms with Gasteiger partial charge in [-0.2, -0.15) is 0 Å². The Labute approximate surface area is 34.6 Å². The third-order valence-corrected chi connectivity index (χ3v) is 0.926. The van der Waals surface area contributed by atoms with Crippen molar-refractivity contribution in [1.82, 2.24) is 0 Å². The van der Waals surface area contributed by atoms with E-state index in [1.54, 1.807) is 0 Å². The summed E-state index contributed by atoms with van der Waals surface area (Å²) in [6.07, 6.45) is 0. The summed E-state index contributed by atoms with van der Waals surface area (Å²) in [7, 11) is 0. The summed E-state index contributed by atoms with van der Waals surface area (Å²) in [5.74, 6) is 0. The summed E-state index contributed by atoms with van der Waals surface area (Å²) in [6.45, 7) is 2.89. The standard InChI is InChI=1S/C2H4F2Ge/c1-2-5(3)4/h2,5H,1H2. The Bertz CT molecular complexity index is 34.6. The maximum atomic E-state index is 10.8. The monoisotopic (exact) mass is 140 g/mol. The third-order valence-electron chi connectivity index (χ3n) is 0.178. The molecule has 0 bridgehead atoms. The Morgan fingerprint density at radius 1 is 1.60 bits per heavy atom. The molecule has 0 aromatic rings. The van der Waals surface area contributed by atoms with Crippen LogP contribution in [0, 0.1) is 0 Å². The first-order valence-electron chi connectivity index (χ1n) is 1.18. The molecule has 3 heteroatoms. The van der Waals surface area contributed by atoms with Crippen LogP contribution in [0.4, 0.5) is 7.00 Å². The topological polar surface area (TPSA) is 0 Å². The van der Waals surface area contributed by atoms with Crippen LogP contribution < -0.4 is 0 Å². The second-order valence-electron chi connectivity index (χ2n) is 0.570. The van der Waals surface area contributed by atoms with Gasteiger partial charge in [-0.15, -0.1) is 0 Å². The van der Waals surface area contributed by atoms with Crippen LogP contribution in [0.25, 0.3) is 0 Å². The van der Waals surface area contributed by atoms with E-state index in [9.17, 15) is 7.00 Å². The van der Waals surface area contributed by atoms with Gasteiger partial charge in [0.25, 0.3) is 0 Å². The first kappa shape index (κ1) is 5.14. The molecule has 0 radical (unpaired) electrons. The molecule has 0 saturated heterocycles. The minimum atomic E-state index is -3.75. The number of rotatable bonds is 1. The predicted octanol–water partition coefficient (Wildman–Crippen LogP) is 0.871. The second kappa shape index (κ2) is 2.38. The molecule has 0 heterocycles. The zero-order valence-electron chi connectivity index (χ0n) is 2.62. The van der Waals surface area contributed by atoms with E-state index in [1.165, 1.54) is 0 Å². The molecule has 0 N–H and O–H groups in total. The molecule has 0 saturated carbocycles. The van der Waals surface area contributed by atoms with Crippen LogP contribution in [0.15, 0.2) is 11.5 Å². The van der Waals surface area contributed by atoms with Crippen LogP contribution in [0.3, 0.4) is 0 Å². The molecule has 0 fully saturated rings. The Morgan fingerprint density at radius 3 is 1.80 bits per heavy atom. The van der Waals surface area contributed by atoms with E-state index in [1.807, 2.05) is 0 Å². The predicted molar refractivity (Wildman–Crippen MR) is 19.6 cm³/mol. The normalized spacial score (nSPS) is 8.60. The first-order valence-corrected chi connectivity index (χ1v) is 4.41. The quantitative estimate of drug-likeness (QED) is 0.472. The van der Waals surface area contributed by atoms with Crippen molar-refractivity contribution in [2.75, 3.05) is 0 Å². The van der Waals surface area contributed by atoms with Crippen molar-refractivity contribution in [2.24, 2.45) is 0 Å². The third kappa shape index (κ3) is 4.14. The van der Waals surface area contributed by atoms with Crippen LogP contribution >= 0.6 is 0 Å². The van der Waals surface area contributed by atoms with Crippen molar-refractivity contribution in [3.63, 3.8) is 0 Å². The van der Waals surface area contributed by atoms with Crippen LogP contribution in [0.2, 0.25) is 0 Å². The first-order chi connectivity index (χ1) is 2.27. The van der Waals surface area contributed by atoms with Gasteiger partial charge in [0.2, 0.25) is 0 Å². The van der Waals surface area contributed by atoms with Gasteiger partial charge in [0.05, 0.1) is 0 Å². The molecule has 0 aromatic heterocycles. The summed E-state index contributed by atoms with van der Waals surface area (Å²) >= 11 is -3.75. The van der Waals surface area contributed by atoms with Gasteiger partial charge >= 0.3 is 33.8 Å². The minimum absolute atomic E-state index is 0.771. The van der Waals surface area contributed by atoms with Crippen molar-refractivity contribution in [2.45, 2.75) is 0 Å². The number of halogens is 2. The SMILES string of the molecule is C=[CH][GeH]([F])[F]. The van der Waals surface area contributed by atoms with Crippen molar-refractivity contribution >= 4 is 15.3 Å². The summed E-state index contributed by atoms with van der Waals surface area (Å²) < 4.78 is 21.7. The molecule has 0 aliphatic heterocycles. The van der Waals surface area contributed by atoms with Gasteiger partial charge in [0, 0.05) is 0 Å². The average molecular weight is 139 g/mol. The van der Waals surface area contributed by atoms with Gasteiger partial charge in [-0.25, -0.2) is 0 Å². The Morgan fingerprint density at radius 2 is 1.80 bits per heavy atom. The summed E-state index contributed by atoms with van der Waals surface area (Å²) in [6, 6.07) is 0. The summed E-state index contributed by atoms with van der Waals surface area (Å²) in [4.78, 5) is 0.771. The van der Waals surface area contributed by atoms with E-state index in [-0.39, 0.29) is 0 Å². The Balaban J connectivity index is 2.83. The molecule has 30 valence electrons. The molecule has 0 nitrogen and oxygen atoms in total. The Kier molecular flexibility index (Phi) is 2.45. The zero-order valence-corrected chi connectivity index (χ0v) is 5.04. The van der Waals surface area contributed by atoms with Crippen LogP contribution in [0.1, 0.15) is 0 Å². The second-order valence-corrected chi connectivity index (χ2v) is 2.96. The molecule has 0 rings (SSSR count). The van der Waals surface area contributed by atoms with Crippen molar-refractivity contribution in [3.8, 4) is 0 Å². The van der Waals surface area contributed by atoms with Gasteiger partial charge in [-0.3, -0.25) is 0 Å². The van der Waals surface area contributed by atoms with Gasteiger partial charge in [0.15, 0.2) is 0 Å². The average Bonchev–Trinajstić information content (AvgIpc) is 1.38. The molecular weight excluding hydrogens is 135 g/mol.